The Hall–Kier alpha value is -3.93. The van der Waals surface area contributed by atoms with E-state index in [1.54, 1.807) is 25.5 Å². The lowest BCUT2D eigenvalue weighted by molar-refractivity contribution is 0.0955. The standard InChI is InChI=1S/C23H20N4O2/c1-16-5-10-21-18(13-16)14-19(23(25-21)29-2)15-24-26-22(28)17-6-8-20(9-7-17)27-11-3-4-12-27/h3-15H,1-2H3,(H,26,28). The molecule has 0 saturated heterocycles. The van der Waals surface area contributed by atoms with Gasteiger partial charge >= 0.3 is 0 Å². The van der Waals surface area contributed by atoms with Crippen LogP contribution in [-0.4, -0.2) is 28.8 Å². The van der Waals surface area contributed by atoms with Crippen LogP contribution in [0.5, 0.6) is 5.88 Å². The van der Waals surface area contributed by atoms with Gasteiger partial charge in [-0.25, -0.2) is 10.4 Å². The Labute approximate surface area is 168 Å². The van der Waals surface area contributed by atoms with Crippen LogP contribution in [-0.2, 0) is 0 Å². The highest BCUT2D eigenvalue weighted by atomic mass is 16.5. The van der Waals surface area contributed by atoms with Gasteiger partial charge in [0.25, 0.3) is 5.91 Å². The van der Waals surface area contributed by atoms with Crippen molar-refractivity contribution in [3.05, 3.63) is 89.7 Å². The van der Waals surface area contributed by atoms with Crippen LogP contribution in [0, 0.1) is 6.92 Å². The van der Waals surface area contributed by atoms with Crippen molar-refractivity contribution in [2.24, 2.45) is 5.10 Å². The van der Waals surface area contributed by atoms with E-state index < -0.39 is 0 Å². The first-order chi connectivity index (χ1) is 14.1. The maximum atomic E-state index is 12.4. The third kappa shape index (κ3) is 4.01. The van der Waals surface area contributed by atoms with Gasteiger partial charge in [-0.15, -0.1) is 0 Å². The highest BCUT2D eigenvalue weighted by Crippen LogP contribution is 2.21. The minimum absolute atomic E-state index is 0.288. The number of rotatable bonds is 5. The molecule has 0 aliphatic heterocycles. The Morgan fingerprint density at radius 2 is 1.86 bits per heavy atom. The summed E-state index contributed by atoms with van der Waals surface area (Å²) in [5, 5.41) is 5.06. The van der Waals surface area contributed by atoms with Crippen molar-refractivity contribution in [3.63, 3.8) is 0 Å². The second kappa shape index (κ2) is 7.98. The molecule has 144 valence electrons. The van der Waals surface area contributed by atoms with E-state index in [4.69, 9.17) is 4.74 Å². The quantitative estimate of drug-likeness (QED) is 0.416. The van der Waals surface area contributed by atoms with E-state index in [1.807, 2.05) is 72.4 Å². The predicted molar refractivity (Wildman–Crippen MR) is 114 cm³/mol. The first kappa shape index (κ1) is 18.4. The minimum atomic E-state index is -0.288. The molecule has 6 nitrogen and oxygen atoms in total. The fourth-order valence-electron chi connectivity index (χ4n) is 3.07. The molecule has 1 N–H and O–H groups in total. The largest absolute Gasteiger partial charge is 0.481 e. The molecule has 4 aromatic rings. The van der Waals surface area contributed by atoms with E-state index in [2.05, 4.69) is 15.5 Å². The molecule has 0 unspecified atom stereocenters. The summed E-state index contributed by atoms with van der Waals surface area (Å²) in [5.74, 6) is 0.166. The van der Waals surface area contributed by atoms with Crippen LogP contribution in [0.1, 0.15) is 21.5 Å². The zero-order valence-electron chi connectivity index (χ0n) is 16.2. The SMILES string of the molecule is COc1nc2ccc(C)cc2cc1C=NNC(=O)c1ccc(-n2cccc2)cc1. The van der Waals surface area contributed by atoms with Crippen molar-refractivity contribution >= 4 is 23.0 Å². The number of aryl methyl sites for hydroxylation is 1. The van der Waals surface area contributed by atoms with Gasteiger partial charge in [0, 0.05) is 29.0 Å². The van der Waals surface area contributed by atoms with E-state index in [-0.39, 0.29) is 5.91 Å². The first-order valence-corrected chi connectivity index (χ1v) is 9.16. The highest BCUT2D eigenvalue weighted by molar-refractivity contribution is 5.96. The summed E-state index contributed by atoms with van der Waals surface area (Å²) in [7, 11) is 1.56. The fraction of sp³-hybridized carbons (Fsp3) is 0.0870. The lowest BCUT2D eigenvalue weighted by Crippen LogP contribution is -2.17. The van der Waals surface area contributed by atoms with Crippen LogP contribution >= 0.6 is 0 Å². The summed E-state index contributed by atoms with van der Waals surface area (Å²) in [6.45, 7) is 2.03. The Morgan fingerprint density at radius 3 is 2.59 bits per heavy atom. The number of hydrogen-bond donors (Lipinski definition) is 1. The maximum absolute atomic E-state index is 12.4. The molecular weight excluding hydrogens is 364 g/mol. The number of hydrogen-bond acceptors (Lipinski definition) is 4. The lowest BCUT2D eigenvalue weighted by Gasteiger charge is -2.07. The molecule has 0 atom stereocenters. The van der Waals surface area contributed by atoms with Crippen LogP contribution in [0.25, 0.3) is 16.6 Å². The molecule has 29 heavy (non-hydrogen) atoms. The summed E-state index contributed by atoms with van der Waals surface area (Å²) < 4.78 is 7.33. The summed E-state index contributed by atoms with van der Waals surface area (Å²) in [5.41, 5.74) is 6.74. The van der Waals surface area contributed by atoms with Gasteiger partial charge in [0.05, 0.1) is 24.4 Å². The Balaban J connectivity index is 1.50. The molecule has 2 aromatic carbocycles. The topological polar surface area (TPSA) is 68.5 Å². The number of aromatic nitrogens is 2. The number of amides is 1. The normalized spacial score (nSPS) is 11.1. The van der Waals surface area contributed by atoms with Crippen LogP contribution in [0.2, 0.25) is 0 Å². The van der Waals surface area contributed by atoms with Crippen molar-refractivity contribution in [2.45, 2.75) is 6.92 Å². The molecular formula is C23H20N4O2. The summed E-state index contributed by atoms with van der Waals surface area (Å²) in [4.78, 5) is 16.9. The third-order valence-corrected chi connectivity index (χ3v) is 4.56. The molecule has 0 spiro atoms. The van der Waals surface area contributed by atoms with Crippen molar-refractivity contribution in [1.29, 1.82) is 0 Å². The van der Waals surface area contributed by atoms with Crippen molar-refractivity contribution < 1.29 is 9.53 Å². The number of pyridine rings is 1. The molecule has 6 heteroatoms. The number of methoxy groups -OCH3 is 1. The second-order valence-corrected chi connectivity index (χ2v) is 6.62. The Kier molecular flexibility index (Phi) is 5.07. The second-order valence-electron chi connectivity index (χ2n) is 6.62. The molecule has 4 rings (SSSR count). The van der Waals surface area contributed by atoms with Crippen LogP contribution in [0.4, 0.5) is 0 Å². The zero-order valence-corrected chi connectivity index (χ0v) is 16.2. The molecule has 2 heterocycles. The number of fused-ring (bicyclic) bond motifs is 1. The molecule has 0 bridgehead atoms. The van der Waals surface area contributed by atoms with Gasteiger partial charge < -0.3 is 9.30 Å². The van der Waals surface area contributed by atoms with E-state index >= 15 is 0 Å². The number of ether oxygens (including phenoxy) is 1. The number of carbonyl (C=O) groups excluding carboxylic acids is 1. The van der Waals surface area contributed by atoms with E-state index in [1.165, 1.54) is 0 Å². The zero-order chi connectivity index (χ0) is 20.2. The molecule has 0 aliphatic carbocycles. The number of carbonyl (C=O) groups is 1. The third-order valence-electron chi connectivity index (χ3n) is 4.56. The highest BCUT2D eigenvalue weighted by Gasteiger charge is 2.07. The molecule has 1 amide bonds. The van der Waals surface area contributed by atoms with E-state index in [0.29, 0.717) is 17.0 Å². The predicted octanol–water partition coefficient (Wildman–Crippen LogP) is 4.11. The van der Waals surface area contributed by atoms with Gasteiger partial charge in [-0.05, 0) is 61.5 Å². The lowest BCUT2D eigenvalue weighted by atomic mass is 10.1. The average Bonchev–Trinajstić information content (AvgIpc) is 3.28. The number of benzene rings is 2. The molecule has 2 aromatic heterocycles. The van der Waals surface area contributed by atoms with E-state index in [0.717, 1.165) is 22.2 Å². The van der Waals surface area contributed by atoms with Gasteiger partial charge in [-0.2, -0.15) is 5.10 Å². The minimum Gasteiger partial charge on any atom is -0.481 e. The smallest absolute Gasteiger partial charge is 0.271 e. The molecule has 0 fully saturated rings. The van der Waals surface area contributed by atoms with Crippen molar-refractivity contribution in [2.75, 3.05) is 7.11 Å². The summed E-state index contributed by atoms with van der Waals surface area (Å²) in [6, 6.07) is 19.1. The van der Waals surface area contributed by atoms with Crippen LogP contribution < -0.4 is 10.2 Å². The van der Waals surface area contributed by atoms with Gasteiger partial charge in [0.1, 0.15) is 0 Å². The number of nitrogens with one attached hydrogen (secondary N) is 1. The van der Waals surface area contributed by atoms with Crippen LogP contribution in [0.15, 0.2) is 78.2 Å². The van der Waals surface area contributed by atoms with Gasteiger partial charge in [-0.1, -0.05) is 11.6 Å². The van der Waals surface area contributed by atoms with Gasteiger partial charge in [0.2, 0.25) is 5.88 Å². The van der Waals surface area contributed by atoms with Crippen molar-refractivity contribution in [1.82, 2.24) is 15.0 Å². The molecule has 0 radical (unpaired) electrons. The molecule has 0 aliphatic rings. The number of nitrogens with zero attached hydrogens (tertiary/aromatic N) is 3. The van der Waals surface area contributed by atoms with Gasteiger partial charge in [0.15, 0.2) is 0 Å². The fourth-order valence-corrected chi connectivity index (χ4v) is 3.07. The van der Waals surface area contributed by atoms with Crippen LogP contribution in [0.3, 0.4) is 0 Å². The Morgan fingerprint density at radius 1 is 1.10 bits per heavy atom. The summed E-state index contributed by atoms with van der Waals surface area (Å²) in [6.07, 6.45) is 5.44. The average molecular weight is 384 g/mol. The maximum Gasteiger partial charge on any atom is 0.271 e. The molecule has 0 saturated carbocycles. The Bertz CT molecular complexity index is 1180. The first-order valence-electron chi connectivity index (χ1n) is 9.16. The van der Waals surface area contributed by atoms with Crippen molar-refractivity contribution in [3.8, 4) is 11.6 Å². The van der Waals surface area contributed by atoms with E-state index in [9.17, 15) is 4.79 Å². The monoisotopic (exact) mass is 384 g/mol. The van der Waals surface area contributed by atoms with Gasteiger partial charge in [-0.3, -0.25) is 4.79 Å². The number of hydrazone groups is 1. The summed E-state index contributed by atoms with van der Waals surface area (Å²) >= 11 is 0.